The molecule has 110 valence electrons. The summed E-state index contributed by atoms with van der Waals surface area (Å²) in [5, 5.41) is 19.2. The SMILES string of the molecule is CC(=O)c1cc(F)cc(CN2CCC(CO)CC2)c1O. The van der Waals surface area contributed by atoms with Gasteiger partial charge < -0.3 is 10.2 Å². The van der Waals surface area contributed by atoms with Gasteiger partial charge in [-0.05, 0) is 50.9 Å². The summed E-state index contributed by atoms with van der Waals surface area (Å²) in [5.74, 6) is -0.640. The molecule has 20 heavy (non-hydrogen) atoms. The molecule has 0 unspecified atom stereocenters. The van der Waals surface area contributed by atoms with Gasteiger partial charge in [-0.25, -0.2) is 4.39 Å². The van der Waals surface area contributed by atoms with Crippen molar-refractivity contribution in [3.05, 3.63) is 29.1 Å². The quantitative estimate of drug-likeness (QED) is 0.828. The number of piperidine rings is 1. The van der Waals surface area contributed by atoms with Crippen LogP contribution in [0.3, 0.4) is 0 Å². The van der Waals surface area contributed by atoms with Crippen molar-refractivity contribution in [2.24, 2.45) is 5.92 Å². The Hall–Kier alpha value is -1.46. The molecule has 5 heteroatoms. The van der Waals surface area contributed by atoms with Gasteiger partial charge >= 0.3 is 0 Å². The normalized spacial score (nSPS) is 17.4. The lowest BCUT2D eigenvalue weighted by atomic mass is 9.97. The van der Waals surface area contributed by atoms with Crippen molar-refractivity contribution < 1.29 is 19.4 Å². The standard InChI is InChI=1S/C15H20FNO3/c1-10(19)14-7-13(16)6-12(15(14)20)8-17-4-2-11(9-18)3-5-17/h6-7,11,18,20H,2-5,8-9H2,1H3. The summed E-state index contributed by atoms with van der Waals surface area (Å²) in [6.07, 6.45) is 1.79. The van der Waals surface area contributed by atoms with Gasteiger partial charge in [0.1, 0.15) is 11.6 Å². The molecule has 1 fully saturated rings. The van der Waals surface area contributed by atoms with E-state index in [9.17, 15) is 14.3 Å². The van der Waals surface area contributed by atoms with Crippen LogP contribution in [0.2, 0.25) is 0 Å². The second-order valence-corrected chi connectivity index (χ2v) is 5.42. The lowest BCUT2D eigenvalue weighted by molar-refractivity contribution is 0.101. The predicted octanol–water partition coefficient (Wildman–Crippen LogP) is 1.94. The van der Waals surface area contributed by atoms with Crippen molar-refractivity contribution in [3.8, 4) is 5.75 Å². The van der Waals surface area contributed by atoms with Gasteiger partial charge in [-0.15, -0.1) is 0 Å². The van der Waals surface area contributed by atoms with Crippen LogP contribution >= 0.6 is 0 Å². The number of likely N-dealkylation sites (tertiary alicyclic amines) is 1. The number of halogens is 1. The number of hydrogen-bond acceptors (Lipinski definition) is 4. The fourth-order valence-electron chi connectivity index (χ4n) is 2.61. The zero-order chi connectivity index (χ0) is 14.7. The summed E-state index contributed by atoms with van der Waals surface area (Å²) >= 11 is 0. The Balaban J connectivity index is 2.12. The minimum absolute atomic E-state index is 0.0326. The summed E-state index contributed by atoms with van der Waals surface area (Å²) in [4.78, 5) is 13.5. The molecule has 1 saturated heterocycles. The van der Waals surface area contributed by atoms with E-state index in [1.54, 1.807) is 0 Å². The van der Waals surface area contributed by atoms with E-state index in [1.165, 1.54) is 13.0 Å². The third-order valence-electron chi connectivity index (χ3n) is 3.89. The number of aliphatic hydroxyl groups excluding tert-OH is 1. The van der Waals surface area contributed by atoms with E-state index in [1.807, 2.05) is 0 Å². The summed E-state index contributed by atoms with van der Waals surface area (Å²) in [6, 6.07) is 2.35. The highest BCUT2D eigenvalue weighted by Crippen LogP contribution is 2.27. The zero-order valence-electron chi connectivity index (χ0n) is 11.6. The average molecular weight is 281 g/mol. The maximum atomic E-state index is 13.5. The fraction of sp³-hybridized carbons (Fsp3) is 0.533. The first kappa shape index (κ1) is 14.9. The van der Waals surface area contributed by atoms with Crippen LogP contribution in [-0.4, -0.2) is 40.6 Å². The molecule has 0 aliphatic carbocycles. The number of carbonyl (C=O) groups excluding carboxylic acids is 1. The van der Waals surface area contributed by atoms with Crippen LogP contribution in [0.4, 0.5) is 4.39 Å². The zero-order valence-corrected chi connectivity index (χ0v) is 11.6. The number of phenols is 1. The molecule has 0 radical (unpaired) electrons. The van der Waals surface area contributed by atoms with Crippen molar-refractivity contribution in [2.45, 2.75) is 26.3 Å². The minimum Gasteiger partial charge on any atom is -0.507 e. The fourth-order valence-corrected chi connectivity index (χ4v) is 2.61. The molecule has 1 aromatic carbocycles. The van der Waals surface area contributed by atoms with Gasteiger partial charge in [-0.3, -0.25) is 9.69 Å². The van der Waals surface area contributed by atoms with Gasteiger partial charge in [0, 0.05) is 18.7 Å². The van der Waals surface area contributed by atoms with Crippen LogP contribution < -0.4 is 0 Å². The van der Waals surface area contributed by atoms with Crippen LogP contribution in [0.5, 0.6) is 5.75 Å². The number of hydrogen-bond donors (Lipinski definition) is 2. The van der Waals surface area contributed by atoms with Gasteiger partial charge in [0.05, 0.1) is 5.56 Å². The predicted molar refractivity (Wildman–Crippen MR) is 73.2 cm³/mol. The molecular formula is C15H20FNO3. The molecule has 1 heterocycles. The number of benzene rings is 1. The Morgan fingerprint density at radius 2 is 2.05 bits per heavy atom. The Bertz CT molecular complexity index is 496. The van der Waals surface area contributed by atoms with Gasteiger partial charge in [0.25, 0.3) is 0 Å². The maximum absolute atomic E-state index is 13.5. The van der Waals surface area contributed by atoms with Crippen molar-refractivity contribution in [1.82, 2.24) is 4.90 Å². The Morgan fingerprint density at radius 3 is 2.60 bits per heavy atom. The lowest BCUT2D eigenvalue weighted by Crippen LogP contribution is -2.34. The number of ketones is 1. The first-order chi connectivity index (χ1) is 9.51. The van der Waals surface area contributed by atoms with Crippen molar-refractivity contribution >= 4 is 5.78 Å². The first-order valence-electron chi connectivity index (χ1n) is 6.86. The van der Waals surface area contributed by atoms with Crippen LogP contribution in [0.25, 0.3) is 0 Å². The molecule has 0 amide bonds. The molecule has 4 nitrogen and oxygen atoms in total. The van der Waals surface area contributed by atoms with Crippen LogP contribution in [0, 0.1) is 11.7 Å². The van der Waals surface area contributed by atoms with E-state index < -0.39 is 5.82 Å². The molecule has 1 aliphatic heterocycles. The number of nitrogens with zero attached hydrogens (tertiary/aromatic N) is 1. The smallest absolute Gasteiger partial charge is 0.163 e. The van der Waals surface area contributed by atoms with E-state index in [0.717, 1.165) is 32.0 Å². The summed E-state index contributed by atoms with van der Waals surface area (Å²) in [7, 11) is 0. The highest BCUT2D eigenvalue weighted by atomic mass is 19.1. The molecule has 0 aromatic heterocycles. The molecule has 0 atom stereocenters. The van der Waals surface area contributed by atoms with E-state index >= 15 is 0 Å². The van der Waals surface area contributed by atoms with Gasteiger partial charge in [0.2, 0.25) is 0 Å². The molecule has 2 N–H and O–H groups in total. The molecule has 1 aromatic rings. The summed E-state index contributed by atoms with van der Waals surface area (Å²) in [6.45, 7) is 3.54. The Labute approximate surface area is 117 Å². The summed E-state index contributed by atoms with van der Waals surface area (Å²) in [5.41, 5.74) is 0.475. The minimum atomic E-state index is -0.506. The third-order valence-corrected chi connectivity index (χ3v) is 3.89. The van der Waals surface area contributed by atoms with Crippen molar-refractivity contribution in [2.75, 3.05) is 19.7 Å². The number of carbonyl (C=O) groups is 1. The monoisotopic (exact) mass is 281 g/mol. The number of Topliss-reactive ketones (excluding diaryl/α,β-unsaturated/α-hetero) is 1. The topological polar surface area (TPSA) is 60.8 Å². The lowest BCUT2D eigenvalue weighted by Gasteiger charge is -2.31. The highest BCUT2D eigenvalue weighted by Gasteiger charge is 2.21. The van der Waals surface area contributed by atoms with E-state index in [2.05, 4.69) is 4.90 Å². The van der Waals surface area contributed by atoms with E-state index in [-0.39, 0.29) is 23.7 Å². The first-order valence-corrected chi connectivity index (χ1v) is 6.86. The van der Waals surface area contributed by atoms with Crippen molar-refractivity contribution in [3.63, 3.8) is 0 Å². The molecular weight excluding hydrogens is 261 g/mol. The Morgan fingerprint density at radius 1 is 1.40 bits per heavy atom. The van der Waals surface area contributed by atoms with Crippen LogP contribution in [-0.2, 0) is 6.54 Å². The molecule has 1 aliphatic rings. The van der Waals surface area contributed by atoms with Crippen LogP contribution in [0.15, 0.2) is 12.1 Å². The highest BCUT2D eigenvalue weighted by molar-refractivity contribution is 5.97. The molecule has 0 spiro atoms. The van der Waals surface area contributed by atoms with Crippen molar-refractivity contribution in [1.29, 1.82) is 0 Å². The Kier molecular flexibility index (Phi) is 4.73. The molecule has 0 bridgehead atoms. The second-order valence-electron chi connectivity index (χ2n) is 5.42. The molecule has 0 saturated carbocycles. The van der Waals surface area contributed by atoms with E-state index in [0.29, 0.717) is 18.0 Å². The average Bonchev–Trinajstić information content (AvgIpc) is 2.43. The van der Waals surface area contributed by atoms with Crippen LogP contribution in [0.1, 0.15) is 35.7 Å². The number of phenolic OH excluding ortho intramolecular Hbond substituents is 1. The van der Waals surface area contributed by atoms with Gasteiger partial charge in [0.15, 0.2) is 5.78 Å². The third kappa shape index (κ3) is 3.35. The largest absolute Gasteiger partial charge is 0.507 e. The number of aliphatic hydroxyl groups is 1. The van der Waals surface area contributed by atoms with Gasteiger partial charge in [-0.1, -0.05) is 0 Å². The number of rotatable bonds is 4. The second kappa shape index (κ2) is 6.33. The summed E-state index contributed by atoms with van der Waals surface area (Å²) < 4.78 is 13.5. The van der Waals surface area contributed by atoms with E-state index in [4.69, 9.17) is 5.11 Å². The molecule has 2 rings (SSSR count). The maximum Gasteiger partial charge on any atom is 0.163 e. The van der Waals surface area contributed by atoms with Gasteiger partial charge in [-0.2, -0.15) is 0 Å². The number of aromatic hydroxyl groups is 1.